The van der Waals surface area contributed by atoms with Crippen molar-refractivity contribution in [3.8, 4) is 0 Å². The predicted octanol–water partition coefficient (Wildman–Crippen LogP) is 1.50. The van der Waals surface area contributed by atoms with Crippen molar-refractivity contribution >= 4 is 17.0 Å². The topological polar surface area (TPSA) is 75.7 Å². The largest absolute Gasteiger partial charge is 0.377 e. The molecule has 1 aliphatic rings. The molecule has 1 aliphatic heterocycles. The van der Waals surface area contributed by atoms with Crippen molar-refractivity contribution in [3.05, 3.63) is 24.3 Å². The summed E-state index contributed by atoms with van der Waals surface area (Å²) in [6, 6.07) is 0. The van der Waals surface area contributed by atoms with Gasteiger partial charge in [-0.25, -0.2) is 15.0 Å². The van der Waals surface area contributed by atoms with Crippen LogP contribution in [-0.2, 0) is 4.74 Å². The maximum absolute atomic E-state index is 5.28. The molecule has 0 aliphatic carbocycles. The van der Waals surface area contributed by atoms with Crippen LogP contribution in [0, 0.1) is 0 Å². The molecule has 0 amide bonds. The molecule has 0 spiro atoms. The minimum absolute atomic E-state index is 0.692. The molecule has 0 fully saturated rings. The van der Waals surface area contributed by atoms with Gasteiger partial charge >= 0.3 is 0 Å². The maximum atomic E-state index is 5.28. The van der Waals surface area contributed by atoms with Gasteiger partial charge in [0.05, 0.1) is 19.5 Å². The van der Waals surface area contributed by atoms with E-state index in [1.807, 2.05) is 0 Å². The highest BCUT2D eigenvalue weighted by atomic mass is 16.5. The Hall–Kier alpha value is -1.95. The van der Waals surface area contributed by atoms with Gasteiger partial charge in [-0.2, -0.15) is 0 Å². The van der Waals surface area contributed by atoms with Gasteiger partial charge in [-0.3, -0.25) is 0 Å². The number of fused-ring (bicyclic) bond motifs is 1. The second-order valence-electron chi connectivity index (χ2n) is 4.19. The van der Waals surface area contributed by atoms with E-state index in [9.17, 15) is 0 Å². The van der Waals surface area contributed by atoms with Crippen molar-refractivity contribution in [2.75, 3.05) is 25.1 Å². The van der Waals surface area contributed by atoms with Crippen molar-refractivity contribution < 1.29 is 4.74 Å². The summed E-state index contributed by atoms with van der Waals surface area (Å²) in [4.78, 5) is 15.4. The van der Waals surface area contributed by atoms with Crippen LogP contribution in [-0.4, -0.2) is 39.7 Å². The summed E-state index contributed by atoms with van der Waals surface area (Å²) in [5.41, 5.74) is 3.00. The number of nitrogens with one attached hydrogen (secondary N) is 2. The zero-order chi connectivity index (χ0) is 12.2. The summed E-state index contributed by atoms with van der Waals surface area (Å²) in [6.45, 7) is 2.44. The van der Waals surface area contributed by atoms with E-state index < -0.39 is 0 Å². The van der Waals surface area contributed by atoms with Gasteiger partial charge in [-0.05, 0) is 12.8 Å². The summed E-state index contributed by atoms with van der Waals surface area (Å²) in [5.74, 6) is 0.810. The van der Waals surface area contributed by atoms with Crippen LogP contribution in [0.5, 0.6) is 0 Å². The Morgan fingerprint density at radius 1 is 1.33 bits per heavy atom. The lowest BCUT2D eigenvalue weighted by atomic mass is 10.1. The Labute approximate surface area is 105 Å². The lowest BCUT2D eigenvalue weighted by Gasteiger charge is -2.13. The van der Waals surface area contributed by atoms with Gasteiger partial charge in [-0.15, -0.1) is 0 Å². The fourth-order valence-corrected chi connectivity index (χ4v) is 2.03. The predicted molar refractivity (Wildman–Crippen MR) is 68.3 cm³/mol. The number of hydrogen-bond donors (Lipinski definition) is 2. The van der Waals surface area contributed by atoms with Gasteiger partial charge in [0.15, 0.2) is 11.5 Å². The maximum Gasteiger partial charge on any atom is 0.182 e. The average Bonchev–Trinajstić information content (AvgIpc) is 2.89. The van der Waals surface area contributed by atoms with E-state index in [-0.39, 0.29) is 0 Å². The molecule has 2 aromatic heterocycles. The molecule has 6 nitrogen and oxygen atoms in total. The third-order valence-electron chi connectivity index (χ3n) is 3.02. The monoisotopic (exact) mass is 245 g/mol. The minimum atomic E-state index is 0.692. The summed E-state index contributed by atoms with van der Waals surface area (Å²) >= 11 is 0. The van der Waals surface area contributed by atoms with Gasteiger partial charge in [-0.1, -0.05) is 11.6 Å². The van der Waals surface area contributed by atoms with Crippen LogP contribution in [0.15, 0.2) is 24.3 Å². The van der Waals surface area contributed by atoms with Crippen molar-refractivity contribution in [1.82, 2.24) is 19.9 Å². The lowest BCUT2D eigenvalue weighted by molar-refractivity contribution is 0.153. The minimum Gasteiger partial charge on any atom is -0.377 e. The molecule has 2 N–H and O–H groups in total. The summed E-state index contributed by atoms with van der Waals surface area (Å²) in [5, 5.41) is 3.32. The highest BCUT2D eigenvalue weighted by molar-refractivity contribution is 5.81. The van der Waals surface area contributed by atoms with Gasteiger partial charge < -0.3 is 15.0 Å². The SMILES string of the molecule is C1=C(CCNc2ncnc3nc[nH]c23)CCOC1. The van der Waals surface area contributed by atoms with E-state index in [2.05, 4.69) is 31.3 Å². The van der Waals surface area contributed by atoms with Gasteiger partial charge in [0, 0.05) is 6.54 Å². The highest BCUT2D eigenvalue weighted by Gasteiger charge is 2.06. The fraction of sp³-hybridized carbons (Fsp3) is 0.417. The van der Waals surface area contributed by atoms with E-state index in [0.717, 1.165) is 43.9 Å². The molecule has 0 aromatic carbocycles. The quantitative estimate of drug-likeness (QED) is 0.798. The van der Waals surface area contributed by atoms with Crippen LogP contribution in [0.25, 0.3) is 11.2 Å². The molecule has 2 aromatic rings. The zero-order valence-corrected chi connectivity index (χ0v) is 10.0. The first-order chi connectivity index (χ1) is 8.93. The van der Waals surface area contributed by atoms with Gasteiger partial charge in [0.25, 0.3) is 0 Å². The van der Waals surface area contributed by atoms with E-state index in [1.165, 1.54) is 11.9 Å². The third-order valence-corrected chi connectivity index (χ3v) is 3.02. The molecule has 0 radical (unpaired) electrons. The van der Waals surface area contributed by atoms with Crippen molar-refractivity contribution in [3.63, 3.8) is 0 Å². The Kier molecular flexibility index (Phi) is 3.18. The van der Waals surface area contributed by atoms with Crippen molar-refractivity contribution in [2.45, 2.75) is 12.8 Å². The third kappa shape index (κ3) is 2.33. The van der Waals surface area contributed by atoms with E-state index in [1.54, 1.807) is 6.33 Å². The number of anilines is 1. The molecular formula is C12H15N5O. The molecule has 3 rings (SSSR count). The number of hydrogen-bond acceptors (Lipinski definition) is 5. The number of rotatable bonds is 4. The molecule has 0 bridgehead atoms. The number of aromatic nitrogens is 4. The molecule has 94 valence electrons. The Morgan fingerprint density at radius 3 is 3.22 bits per heavy atom. The number of H-pyrrole nitrogens is 1. The normalized spacial score (nSPS) is 15.7. The van der Waals surface area contributed by atoms with Gasteiger partial charge in [0.1, 0.15) is 11.8 Å². The summed E-state index contributed by atoms with van der Waals surface area (Å²) in [6.07, 6.45) is 7.37. The fourth-order valence-electron chi connectivity index (χ4n) is 2.03. The van der Waals surface area contributed by atoms with E-state index in [4.69, 9.17) is 4.74 Å². The second kappa shape index (κ2) is 5.14. The van der Waals surface area contributed by atoms with Crippen LogP contribution in [0.2, 0.25) is 0 Å². The number of nitrogens with zero attached hydrogens (tertiary/aromatic N) is 3. The smallest absolute Gasteiger partial charge is 0.182 e. The van der Waals surface area contributed by atoms with Gasteiger partial charge in [0.2, 0.25) is 0 Å². The number of ether oxygens (including phenoxy) is 1. The van der Waals surface area contributed by atoms with Crippen LogP contribution in [0.4, 0.5) is 5.82 Å². The lowest BCUT2D eigenvalue weighted by Crippen LogP contribution is -2.09. The molecule has 0 saturated carbocycles. The van der Waals surface area contributed by atoms with Crippen LogP contribution >= 0.6 is 0 Å². The highest BCUT2D eigenvalue weighted by Crippen LogP contribution is 2.16. The van der Waals surface area contributed by atoms with Crippen LogP contribution in [0.3, 0.4) is 0 Å². The Morgan fingerprint density at radius 2 is 2.33 bits per heavy atom. The summed E-state index contributed by atoms with van der Waals surface area (Å²) in [7, 11) is 0. The van der Waals surface area contributed by atoms with Crippen molar-refractivity contribution in [1.29, 1.82) is 0 Å². The second-order valence-corrected chi connectivity index (χ2v) is 4.19. The van der Waals surface area contributed by atoms with Crippen LogP contribution in [0.1, 0.15) is 12.8 Å². The molecule has 0 unspecified atom stereocenters. The number of aromatic amines is 1. The van der Waals surface area contributed by atoms with E-state index in [0.29, 0.717) is 5.65 Å². The molecule has 0 saturated heterocycles. The molecule has 3 heterocycles. The standard InChI is InChI=1S/C12H15N5O/c1(9-2-5-18-6-3-9)4-13-11-10-12(15-7-14-10)17-8-16-11/h2,7-8H,1,3-6H2,(H2,13,14,15,16,17). The molecule has 0 atom stereocenters. The average molecular weight is 245 g/mol. The molecular weight excluding hydrogens is 230 g/mol. The first kappa shape index (κ1) is 11.2. The van der Waals surface area contributed by atoms with Crippen LogP contribution < -0.4 is 5.32 Å². The van der Waals surface area contributed by atoms with E-state index >= 15 is 0 Å². The summed E-state index contributed by atoms with van der Waals surface area (Å²) < 4.78 is 5.28. The first-order valence-electron chi connectivity index (χ1n) is 6.07. The molecule has 6 heteroatoms. The Balaban J connectivity index is 1.62. The van der Waals surface area contributed by atoms with Crippen molar-refractivity contribution in [2.24, 2.45) is 0 Å². The Bertz CT molecular complexity index is 562. The number of imidazole rings is 1. The molecule has 18 heavy (non-hydrogen) atoms. The zero-order valence-electron chi connectivity index (χ0n) is 10.0. The first-order valence-corrected chi connectivity index (χ1v) is 6.07.